The van der Waals surface area contributed by atoms with E-state index in [9.17, 15) is 0 Å². The summed E-state index contributed by atoms with van der Waals surface area (Å²) in [6.07, 6.45) is 11.3. The number of rotatable bonds is 7. The summed E-state index contributed by atoms with van der Waals surface area (Å²) in [5.74, 6) is 0. The second-order valence-electron chi connectivity index (χ2n) is 16.0. The highest BCUT2D eigenvalue weighted by molar-refractivity contribution is 8.35. The van der Waals surface area contributed by atoms with Gasteiger partial charge in [0.15, 0.2) is 9.71 Å². The van der Waals surface area contributed by atoms with Crippen LogP contribution < -0.4 is 0 Å². The highest BCUT2D eigenvalue weighted by Gasteiger charge is 2.57. The third-order valence-corrected chi connectivity index (χ3v) is 14.4. The van der Waals surface area contributed by atoms with E-state index in [1.54, 1.807) is 0 Å². The minimum Gasteiger partial charge on any atom is -0.108 e. The molecule has 3 aromatic rings. The van der Waals surface area contributed by atoms with Crippen LogP contribution >= 0.6 is 9.71 Å². The fourth-order valence-electron chi connectivity index (χ4n) is 9.69. The van der Waals surface area contributed by atoms with Gasteiger partial charge in [0.25, 0.3) is 0 Å². The first-order valence-electron chi connectivity index (χ1n) is 19.2. The average Bonchev–Trinajstić information content (AvgIpc) is 3.33. The summed E-state index contributed by atoms with van der Waals surface area (Å²) in [5.41, 5.74) is 22.0. The molecule has 2 heterocycles. The van der Waals surface area contributed by atoms with Crippen molar-refractivity contribution in [2.45, 2.75) is 109 Å². The minimum atomic E-state index is -5.44. The zero-order chi connectivity index (χ0) is 38.9. The molecule has 0 saturated carbocycles. The Kier molecular flexibility index (Phi) is 9.90. The van der Waals surface area contributed by atoms with E-state index in [-0.39, 0.29) is 11.3 Å². The number of benzene rings is 3. The van der Waals surface area contributed by atoms with Crippen molar-refractivity contribution in [3.63, 3.8) is 0 Å². The van der Waals surface area contributed by atoms with Crippen molar-refractivity contribution < 1.29 is 11.8 Å². The van der Waals surface area contributed by atoms with Gasteiger partial charge in [-0.1, -0.05) is 79.1 Å². The molecule has 0 fully saturated rings. The van der Waals surface area contributed by atoms with Crippen LogP contribution in [0.5, 0.6) is 0 Å². The molecule has 0 N–H and O–H groups in total. The maximum atomic E-state index is 18.7. The van der Waals surface area contributed by atoms with Crippen LogP contribution in [0.1, 0.15) is 114 Å². The molecule has 2 aliphatic heterocycles. The van der Waals surface area contributed by atoms with Gasteiger partial charge in [-0.25, -0.2) is 0 Å². The second-order valence-corrected chi connectivity index (χ2v) is 19.2. The molecule has 3 aromatic carbocycles. The highest BCUT2D eigenvalue weighted by Crippen LogP contribution is 2.71. The molecule has 278 valence electrons. The number of fused-ring (bicyclic) bond motifs is 2. The molecule has 1 aliphatic carbocycles. The van der Waals surface area contributed by atoms with Crippen molar-refractivity contribution in [3.05, 3.63) is 154 Å². The van der Waals surface area contributed by atoms with Crippen molar-refractivity contribution in [1.29, 1.82) is 0 Å². The molecule has 0 spiro atoms. The highest BCUT2D eigenvalue weighted by atomic mass is 32.3. The summed E-state index contributed by atoms with van der Waals surface area (Å²) in [4.78, 5) is 0.283. The Morgan fingerprint density at radius 3 is 1.45 bits per heavy atom. The number of hydrogen-bond donors (Lipinski definition) is 0. The first-order valence-corrected chi connectivity index (χ1v) is 21.4. The zero-order valence-electron chi connectivity index (χ0n) is 34.5. The molecule has 0 unspecified atom stereocenters. The summed E-state index contributed by atoms with van der Waals surface area (Å²) < 4.78 is 39.0. The number of hydrogen-bond acceptors (Lipinski definition) is 0. The fraction of sp³-hybridized carbons (Fsp3) is 0.347. The Labute approximate surface area is 318 Å². The van der Waals surface area contributed by atoms with Crippen LogP contribution in [0.2, 0.25) is 0 Å². The van der Waals surface area contributed by atoms with E-state index in [0.717, 1.165) is 78.8 Å². The molecule has 0 atom stereocenters. The lowest BCUT2D eigenvalue weighted by atomic mass is 9.77. The van der Waals surface area contributed by atoms with Crippen LogP contribution in [-0.2, 0) is 0 Å². The molecule has 0 aromatic heterocycles. The van der Waals surface area contributed by atoms with Gasteiger partial charge in [0.1, 0.15) is 0 Å². The van der Waals surface area contributed by atoms with Gasteiger partial charge in [-0.05, 0) is 162 Å². The number of aryl methyl sites for hydroxylation is 9. The summed E-state index contributed by atoms with van der Waals surface area (Å²) >= 11 is 0. The summed E-state index contributed by atoms with van der Waals surface area (Å²) in [6, 6.07) is 13.2. The van der Waals surface area contributed by atoms with Gasteiger partial charge in [-0.15, -0.1) is 11.8 Å². The monoisotopic (exact) mass is 730 g/mol. The zero-order valence-corrected chi connectivity index (χ0v) is 35.3. The Hall–Kier alpha value is -4.15. The summed E-state index contributed by atoms with van der Waals surface area (Å²) in [5, 5.41) is 0. The summed E-state index contributed by atoms with van der Waals surface area (Å²) in [7, 11) is -5.44. The van der Waals surface area contributed by atoms with E-state index in [1.165, 1.54) is 43.6 Å². The van der Waals surface area contributed by atoms with Crippen molar-refractivity contribution >= 4 is 38.0 Å². The molecule has 0 saturated heterocycles. The van der Waals surface area contributed by atoms with E-state index in [1.807, 2.05) is 6.08 Å². The lowest BCUT2D eigenvalue weighted by molar-refractivity contribution is -0.301. The van der Waals surface area contributed by atoms with Crippen LogP contribution in [0, 0.1) is 62.3 Å². The van der Waals surface area contributed by atoms with Gasteiger partial charge in [-0.3, -0.25) is 0 Å². The van der Waals surface area contributed by atoms with Crippen LogP contribution in [-0.4, -0.2) is 20.8 Å². The van der Waals surface area contributed by atoms with Gasteiger partial charge in [0.2, 0.25) is 11.4 Å². The first kappa shape index (κ1) is 38.6. The molecular weight excluding hydrogens is 673 g/mol. The normalized spacial score (nSPS) is 19.2. The largest absolute Gasteiger partial charge is 0.233 e. The van der Waals surface area contributed by atoms with E-state index < -0.39 is 9.71 Å². The quantitative estimate of drug-likeness (QED) is 0.168. The number of nitrogens with zero attached hydrogens (tertiary/aromatic N) is 1. The van der Waals surface area contributed by atoms with Gasteiger partial charge in [0.05, 0.1) is 16.7 Å². The molecule has 53 heavy (non-hydrogen) atoms. The van der Waals surface area contributed by atoms with Crippen LogP contribution in [0.3, 0.4) is 0 Å². The second kappa shape index (κ2) is 13.6. The maximum Gasteiger partial charge on any atom is 0.233 e. The topological polar surface area (TPSA) is 3.01 Å². The van der Waals surface area contributed by atoms with Gasteiger partial charge in [-0.2, -0.15) is 0 Å². The van der Waals surface area contributed by atoms with Gasteiger partial charge < -0.3 is 0 Å². The van der Waals surface area contributed by atoms with Crippen molar-refractivity contribution in [1.82, 2.24) is 0 Å². The molecule has 0 radical (unpaired) electrons. The van der Waals surface area contributed by atoms with Crippen LogP contribution in [0.4, 0.5) is 7.77 Å². The third kappa shape index (κ3) is 6.35. The van der Waals surface area contributed by atoms with Gasteiger partial charge >= 0.3 is 0 Å². The van der Waals surface area contributed by atoms with Crippen molar-refractivity contribution in [3.8, 4) is 0 Å². The Balaban J connectivity index is 1.75. The number of allylic oxidation sites excluding steroid dienone is 9. The predicted molar refractivity (Wildman–Crippen MR) is 231 cm³/mol. The van der Waals surface area contributed by atoms with Crippen LogP contribution in [0.15, 0.2) is 87.7 Å². The lowest BCUT2D eigenvalue weighted by Gasteiger charge is -2.40. The standard InChI is InChI=1S/C49H58F2NS/c1-15-40-37(12)47-45(27-39(40)17-18-42-31(6)21-28(3)22-32(42)7)53(14,50,51)52-44(20-19-43-33(8)23-29(4)24-34(43)9)41(16-2)38(13)49(52)48(47)46-35(10)25-30(5)26-36(46)11/h17-26H,15-16,27H2,1-14H3/q+1/b18-17+,20-19+. The smallest absolute Gasteiger partial charge is 0.108 e. The van der Waals surface area contributed by atoms with Crippen molar-refractivity contribution in [2.75, 3.05) is 6.26 Å². The van der Waals surface area contributed by atoms with E-state index in [4.69, 9.17) is 0 Å². The molecule has 1 nitrogen and oxygen atoms in total. The molecule has 0 bridgehead atoms. The molecule has 0 amide bonds. The predicted octanol–water partition coefficient (Wildman–Crippen LogP) is 14.1. The maximum absolute atomic E-state index is 18.7. The Morgan fingerprint density at radius 1 is 0.566 bits per heavy atom. The van der Waals surface area contributed by atoms with E-state index in [0.29, 0.717) is 17.8 Å². The Morgan fingerprint density at radius 2 is 1.00 bits per heavy atom. The van der Waals surface area contributed by atoms with Crippen molar-refractivity contribution in [2.24, 2.45) is 0 Å². The lowest BCUT2D eigenvalue weighted by Crippen LogP contribution is -2.33. The first-order chi connectivity index (χ1) is 24.8. The van der Waals surface area contributed by atoms with Crippen LogP contribution in [0.25, 0.3) is 17.7 Å². The molecular formula is C49H58F2NS+. The molecule has 6 rings (SSSR count). The average molecular weight is 731 g/mol. The minimum absolute atomic E-state index is 0.215. The van der Waals surface area contributed by atoms with E-state index in [2.05, 4.69) is 145 Å². The van der Waals surface area contributed by atoms with E-state index >= 15 is 7.77 Å². The molecule has 3 aliphatic rings. The summed E-state index contributed by atoms with van der Waals surface area (Å²) in [6.45, 7) is 27.6. The van der Waals surface area contributed by atoms with Gasteiger partial charge in [0, 0.05) is 29.2 Å². The Bertz CT molecular complexity index is 2360. The number of halogens is 2. The molecule has 4 heteroatoms. The SMILES string of the molecule is CCC1=C(/C=C/c2c(C)cc(C)cc2C)CC2=S(C)(F)(F)[N+]3=C(/C=C/c4c(C)cc(C)cc4C)C(CC)=C(C)C3=C(c3c(C)cc(C)cc3C)C2=C1C. The third-order valence-electron chi connectivity index (χ3n) is 11.8. The fourth-order valence-corrected chi connectivity index (χ4v) is 12.3.